The molecule has 0 atom stereocenters. The van der Waals surface area contributed by atoms with Crippen molar-refractivity contribution >= 4 is 5.91 Å². The molecule has 0 fully saturated rings. The van der Waals surface area contributed by atoms with Crippen LogP contribution in [0.4, 0.5) is 0 Å². The number of hydrogen-bond acceptors (Lipinski definition) is 2. The molecule has 4 rings (SSSR count). The molecule has 5 nitrogen and oxygen atoms in total. The topological polar surface area (TPSA) is 69.0 Å². The molecule has 0 bridgehead atoms. The Morgan fingerprint density at radius 1 is 0.920 bits per heavy atom. The highest BCUT2D eigenvalue weighted by Gasteiger charge is 2.31. The Morgan fingerprint density at radius 3 is 2.12 bits per heavy atom. The van der Waals surface area contributed by atoms with Gasteiger partial charge in [-0.05, 0) is 11.1 Å². The Hall–Kier alpha value is -3.08. The normalized spacial score (nSPS) is 13.7. The van der Waals surface area contributed by atoms with Gasteiger partial charge in [-0.15, -0.1) is 0 Å². The first-order valence-electron chi connectivity index (χ1n) is 8.41. The lowest BCUT2D eigenvalue weighted by atomic mass is 9.89. The average molecular weight is 333 g/mol. The fourth-order valence-electron chi connectivity index (χ4n) is 3.46. The summed E-state index contributed by atoms with van der Waals surface area (Å²) in [5.41, 5.74) is 3.37. The van der Waals surface area contributed by atoms with Crippen LogP contribution in [0.1, 0.15) is 28.3 Å². The number of benzene rings is 2. The van der Waals surface area contributed by atoms with E-state index in [9.17, 15) is 9.59 Å². The van der Waals surface area contributed by atoms with Crippen molar-refractivity contribution in [3.8, 4) is 0 Å². The quantitative estimate of drug-likeness (QED) is 0.773. The molecule has 0 spiro atoms. The van der Waals surface area contributed by atoms with Crippen LogP contribution in [0.5, 0.6) is 0 Å². The van der Waals surface area contributed by atoms with Crippen molar-refractivity contribution in [1.29, 1.82) is 0 Å². The largest absolute Gasteiger partial charge is 0.337 e. The van der Waals surface area contributed by atoms with Gasteiger partial charge in [0.25, 0.3) is 5.56 Å². The van der Waals surface area contributed by atoms with Gasteiger partial charge in [0.1, 0.15) is 0 Å². The number of carbonyl (C=O) groups excluding carboxylic acids is 1. The molecule has 5 heteroatoms. The Bertz CT molecular complexity index is 889. The van der Waals surface area contributed by atoms with Crippen LogP contribution >= 0.6 is 0 Å². The zero-order chi connectivity index (χ0) is 17.2. The van der Waals surface area contributed by atoms with Crippen molar-refractivity contribution in [3.05, 3.63) is 93.4 Å². The van der Waals surface area contributed by atoms with Gasteiger partial charge in [0.05, 0.1) is 18.0 Å². The van der Waals surface area contributed by atoms with Crippen molar-refractivity contribution in [2.75, 3.05) is 6.54 Å². The second kappa shape index (κ2) is 6.43. The number of aromatic amines is 2. The first kappa shape index (κ1) is 15.4. The van der Waals surface area contributed by atoms with E-state index in [4.69, 9.17) is 0 Å². The molecule has 2 aromatic carbocycles. The third-order valence-electron chi connectivity index (χ3n) is 4.77. The van der Waals surface area contributed by atoms with E-state index < -0.39 is 0 Å². The molecule has 1 aromatic heterocycles. The number of hydrogen-bond donors (Lipinski definition) is 2. The highest BCUT2D eigenvalue weighted by molar-refractivity contribution is 5.87. The number of fused-ring (bicyclic) bond motifs is 1. The van der Waals surface area contributed by atoms with Crippen LogP contribution in [0.25, 0.3) is 0 Å². The number of rotatable bonds is 3. The van der Waals surface area contributed by atoms with E-state index in [1.807, 2.05) is 60.7 Å². The summed E-state index contributed by atoms with van der Waals surface area (Å²) in [7, 11) is 0. The minimum absolute atomic E-state index is 0.0312. The lowest BCUT2D eigenvalue weighted by Gasteiger charge is -2.30. The zero-order valence-corrected chi connectivity index (χ0v) is 13.7. The first-order chi connectivity index (χ1) is 12.2. The number of H-pyrrole nitrogens is 2. The predicted octanol–water partition coefficient (Wildman–Crippen LogP) is 2.42. The summed E-state index contributed by atoms with van der Waals surface area (Å²) >= 11 is 0. The van der Waals surface area contributed by atoms with Crippen LogP contribution < -0.4 is 5.56 Å². The van der Waals surface area contributed by atoms with Crippen molar-refractivity contribution in [1.82, 2.24) is 15.1 Å². The second-order valence-electron chi connectivity index (χ2n) is 6.30. The lowest BCUT2D eigenvalue weighted by Crippen LogP contribution is -2.40. The van der Waals surface area contributed by atoms with Crippen LogP contribution in [-0.2, 0) is 17.8 Å². The van der Waals surface area contributed by atoms with Crippen LogP contribution in [0.15, 0.2) is 65.5 Å². The minimum atomic E-state index is -0.359. The summed E-state index contributed by atoms with van der Waals surface area (Å²) in [5, 5.41) is 5.52. The number of amides is 1. The molecule has 0 aliphatic carbocycles. The summed E-state index contributed by atoms with van der Waals surface area (Å²) < 4.78 is 0. The van der Waals surface area contributed by atoms with E-state index in [1.54, 1.807) is 4.90 Å². The molecule has 3 aromatic rings. The Labute approximate surface area is 145 Å². The summed E-state index contributed by atoms with van der Waals surface area (Å²) in [5.74, 6) is -0.328. The van der Waals surface area contributed by atoms with Crippen LogP contribution in [-0.4, -0.2) is 27.5 Å². The minimum Gasteiger partial charge on any atom is -0.337 e. The van der Waals surface area contributed by atoms with E-state index in [0.717, 1.165) is 16.8 Å². The Kier molecular flexibility index (Phi) is 3.98. The molecule has 0 unspecified atom stereocenters. The maximum atomic E-state index is 13.3. The summed E-state index contributed by atoms with van der Waals surface area (Å²) in [4.78, 5) is 27.1. The van der Waals surface area contributed by atoms with E-state index >= 15 is 0 Å². The van der Waals surface area contributed by atoms with E-state index in [-0.39, 0.29) is 17.4 Å². The van der Waals surface area contributed by atoms with Crippen molar-refractivity contribution in [3.63, 3.8) is 0 Å². The van der Waals surface area contributed by atoms with Crippen LogP contribution in [0, 0.1) is 0 Å². The monoisotopic (exact) mass is 333 g/mol. The van der Waals surface area contributed by atoms with Gasteiger partial charge in [0.2, 0.25) is 5.91 Å². The maximum Gasteiger partial charge on any atom is 0.269 e. The molecule has 0 radical (unpaired) electrons. The number of nitrogens with zero attached hydrogens (tertiary/aromatic N) is 1. The standard InChI is InChI=1S/C20H19N3O2/c24-19-16-13-23(12-11-17(16)21-22-19)20(25)18(14-7-3-1-4-8-14)15-9-5-2-6-10-15/h1-10,18H,11-13H2,(H2,21,22,24). The van der Waals surface area contributed by atoms with Crippen LogP contribution in [0.3, 0.4) is 0 Å². The fraction of sp³-hybridized carbons (Fsp3) is 0.200. The highest BCUT2D eigenvalue weighted by atomic mass is 16.2. The van der Waals surface area contributed by atoms with Gasteiger partial charge in [-0.1, -0.05) is 60.7 Å². The molecule has 1 aliphatic rings. The third-order valence-corrected chi connectivity index (χ3v) is 4.77. The molecule has 1 amide bonds. The molecule has 0 saturated carbocycles. The van der Waals surface area contributed by atoms with E-state index in [2.05, 4.69) is 10.2 Å². The SMILES string of the molecule is O=C(C(c1ccccc1)c1ccccc1)N1CCc2[nH][nH]c(=O)c2C1. The number of aromatic nitrogens is 2. The zero-order valence-electron chi connectivity index (χ0n) is 13.7. The van der Waals surface area contributed by atoms with Gasteiger partial charge in [-0.2, -0.15) is 0 Å². The molecular weight excluding hydrogens is 314 g/mol. The fourth-order valence-corrected chi connectivity index (χ4v) is 3.46. The average Bonchev–Trinajstić information content (AvgIpc) is 3.04. The Morgan fingerprint density at radius 2 is 1.52 bits per heavy atom. The second-order valence-corrected chi connectivity index (χ2v) is 6.30. The van der Waals surface area contributed by atoms with Crippen LogP contribution in [0.2, 0.25) is 0 Å². The van der Waals surface area contributed by atoms with Gasteiger partial charge >= 0.3 is 0 Å². The summed E-state index contributed by atoms with van der Waals surface area (Å²) in [6.07, 6.45) is 0.663. The van der Waals surface area contributed by atoms with Crippen molar-refractivity contribution < 1.29 is 4.79 Å². The third kappa shape index (κ3) is 2.89. The Balaban J connectivity index is 1.70. The number of carbonyl (C=O) groups is 1. The lowest BCUT2D eigenvalue weighted by molar-refractivity contribution is -0.132. The molecule has 126 valence electrons. The number of nitrogens with one attached hydrogen (secondary N) is 2. The molecule has 25 heavy (non-hydrogen) atoms. The van der Waals surface area contributed by atoms with Gasteiger partial charge in [0.15, 0.2) is 0 Å². The predicted molar refractivity (Wildman–Crippen MR) is 95.3 cm³/mol. The molecule has 1 aliphatic heterocycles. The molecule has 2 N–H and O–H groups in total. The van der Waals surface area contributed by atoms with Crippen molar-refractivity contribution in [2.24, 2.45) is 0 Å². The molecule has 2 heterocycles. The molecular formula is C20H19N3O2. The van der Waals surface area contributed by atoms with Crippen molar-refractivity contribution in [2.45, 2.75) is 18.9 Å². The smallest absolute Gasteiger partial charge is 0.269 e. The first-order valence-corrected chi connectivity index (χ1v) is 8.41. The van der Waals surface area contributed by atoms with Gasteiger partial charge in [-0.3, -0.25) is 14.7 Å². The molecule has 0 saturated heterocycles. The summed E-state index contributed by atoms with van der Waals surface area (Å²) in [6, 6.07) is 19.6. The van der Waals surface area contributed by atoms with E-state index in [1.165, 1.54) is 0 Å². The van der Waals surface area contributed by atoms with Gasteiger partial charge < -0.3 is 10.00 Å². The van der Waals surface area contributed by atoms with Gasteiger partial charge in [-0.25, -0.2) is 0 Å². The van der Waals surface area contributed by atoms with E-state index in [0.29, 0.717) is 25.1 Å². The van der Waals surface area contributed by atoms with Gasteiger partial charge in [0, 0.05) is 18.7 Å². The highest BCUT2D eigenvalue weighted by Crippen LogP contribution is 2.28. The summed E-state index contributed by atoms with van der Waals surface area (Å²) in [6.45, 7) is 0.957. The maximum absolute atomic E-state index is 13.3.